The average molecular weight is 326 g/mol. The number of hydrogen-bond acceptors (Lipinski definition) is 4. The Bertz CT molecular complexity index is 654. The fourth-order valence-electron chi connectivity index (χ4n) is 2.12. The van der Waals surface area contributed by atoms with Gasteiger partial charge in [0.25, 0.3) is 5.91 Å². The predicted octanol–water partition coefficient (Wildman–Crippen LogP) is 3.31. The quantitative estimate of drug-likeness (QED) is 0.598. The van der Waals surface area contributed by atoms with Crippen LogP contribution in [0.3, 0.4) is 0 Å². The van der Waals surface area contributed by atoms with Gasteiger partial charge in [-0.15, -0.1) is 0 Å². The number of nitrogens with one attached hydrogen (secondary N) is 1. The molecule has 2 aromatic carbocycles. The molecule has 2 aromatic rings. The summed E-state index contributed by atoms with van der Waals surface area (Å²) in [5, 5.41) is 3.98. The topological polar surface area (TPSA) is 59.9 Å². The van der Waals surface area contributed by atoms with Crippen LogP contribution < -0.4 is 10.2 Å². The van der Waals surface area contributed by atoms with Crippen LogP contribution in [0.5, 0.6) is 5.75 Å². The van der Waals surface area contributed by atoms with Crippen molar-refractivity contribution in [2.75, 3.05) is 13.7 Å². The third-order valence-electron chi connectivity index (χ3n) is 3.32. The van der Waals surface area contributed by atoms with Gasteiger partial charge in [-0.3, -0.25) is 4.79 Å². The smallest absolute Gasteiger partial charge is 0.273 e. The summed E-state index contributed by atoms with van der Waals surface area (Å²) in [6.07, 6.45) is 1.87. The Balaban J connectivity index is 1.91. The van der Waals surface area contributed by atoms with Crippen LogP contribution in [0.2, 0.25) is 0 Å². The van der Waals surface area contributed by atoms with Gasteiger partial charge < -0.3 is 9.47 Å². The molecule has 1 amide bonds. The Morgan fingerprint density at radius 2 is 1.88 bits per heavy atom. The van der Waals surface area contributed by atoms with Crippen molar-refractivity contribution < 1.29 is 14.3 Å². The van der Waals surface area contributed by atoms with Crippen molar-refractivity contribution in [3.63, 3.8) is 0 Å². The maximum atomic E-state index is 12.2. The minimum absolute atomic E-state index is 0.317. The van der Waals surface area contributed by atoms with E-state index >= 15 is 0 Å². The monoisotopic (exact) mass is 326 g/mol. The molecule has 0 saturated heterocycles. The molecular weight excluding hydrogens is 304 g/mol. The summed E-state index contributed by atoms with van der Waals surface area (Å²) >= 11 is 0. The van der Waals surface area contributed by atoms with Crippen LogP contribution in [0.25, 0.3) is 0 Å². The highest BCUT2D eigenvalue weighted by Gasteiger charge is 2.18. The number of ether oxygens (including phenoxy) is 2. The van der Waals surface area contributed by atoms with E-state index in [1.54, 1.807) is 6.21 Å². The molecule has 5 nitrogen and oxygen atoms in total. The SMILES string of the molecule is CCCOc1ccc(/C=N\NC(=O)[C@H](OC)c2ccccc2)cc1. The molecule has 0 aliphatic heterocycles. The Labute approximate surface area is 142 Å². The molecule has 0 heterocycles. The summed E-state index contributed by atoms with van der Waals surface area (Å²) in [5.41, 5.74) is 4.15. The normalized spacial score (nSPS) is 12.1. The summed E-state index contributed by atoms with van der Waals surface area (Å²) in [7, 11) is 1.50. The van der Waals surface area contributed by atoms with Crippen molar-refractivity contribution in [1.29, 1.82) is 0 Å². The van der Waals surface area contributed by atoms with Crippen molar-refractivity contribution in [3.8, 4) is 5.75 Å². The highest BCUT2D eigenvalue weighted by Crippen LogP contribution is 2.16. The standard InChI is InChI=1S/C19H22N2O3/c1-3-13-24-17-11-9-15(10-12-17)14-20-21-19(22)18(23-2)16-7-5-4-6-8-16/h4-12,14,18H,3,13H2,1-2H3,(H,21,22)/b20-14-/t18-/m1/s1. The summed E-state index contributed by atoms with van der Waals surface area (Å²) in [6.45, 7) is 2.76. The summed E-state index contributed by atoms with van der Waals surface area (Å²) < 4.78 is 10.8. The predicted molar refractivity (Wildman–Crippen MR) is 94.2 cm³/mol. The van der Waals surface area contributed by atoms with Gasteiger partial charge in [-0.25, -0.2) is 5.43 Å². The van der Waals surface area contributed by atoms with Crippen LogP contribution in [0.1, 0.15) is 30.6 Å². The van der Waals surface area contributed by atoms with Gasteiger partial charge in [0.15, 0.2) is 6.10 Å². The lowest BCUT2D eigenvalue weighted by Gasteiger charge is -2.13. The van der Waals surface area contributed by atoms with Gasteiger partial charge in [0.2, 0.25) is 0 Å². The van der Waals surface area contributed by atoms with Crippen LogP contribution >= 0.6 is 0 Å². The highest BCUT2D eigenvalue weighted by atomic mass is 16.5. The number of rotatable bonds is 8. The Hall–Kier alpha value is -2.66. The maximum Gasteiger partial charge on any atom is 0.273 e. The molecular formula is C19H22N2O3. The van der Waals surface area contributed by atoms with E-state index in [2.05, 4.69) is 17.5 Å². The Kier molecular flexibility index (Phi) is 6.98. The van der Waals surface area contributed by atoms with E-state index in [1.807, 2.05) is 54.6 Å². The Morgan fingerprint density at radius 1 is 1.17 bits per heavy atom. The zero-order valence-electron chi connectivity index (χ0n) is 13.9. The molecule has 126 valence electrons. The van der Waals surface area contributed by atoms with E-state index in [0.29, 0.717) is 6.61 Å². The lowest BCUT2D eigenvalue weighted by molar-refractivity contribution is -0.131. The number of benzene rings is 2. The van der Waals surface area contributed by atoms with E-state index < -0.39 is 6.10 Å². The van der Waals surface area contributed by atoms with Crippen molar-refractivity contribution in [3.05, 3.63) is 65.7 Å². The lowest BCUT2D eigenvalue weighted by Crippen LogP contribution is -2.26. The minimum Gasteiger partial charge on any atom is -0.494 e. The molecule has 2 rings (SSSR count). The molecule has 0 spiro atoms. The third kappa shape index (κ3) is 5.21. The first-order valence-corrected chi connectivity index (χ1v) is 7.88. The van der Waals surface area contributed by atoms with Gasteiger partial charge in [-0.05, 0) is 41.8 Å². The molecule has 0 saturated carbocycles. The minimum atomic E-state index is -0.687. The highest BCUT2D eigenvalue weighted by molar-refractivity contribution is 5.85. The number of amides is 1. The molecule has 0 bridgehead atoms. The van der Waals surface area contributed by atoms with Crippen LogP contribution in [0.15, 0.2) is 59.7 Å². The Morgan fingerprint density at radius 3 is 2.50 bits per heavy atom. The number of hydrogen-bond donors (Lipinski definition) is 1. The van der Waals surface area contributed by atoms with Crippen molar-refractivity contribution >= 4 is 12.1 Å². The van der Waals surface area contributed by atoms with Crippen molar-refractivity contribution in [2.24, 2.45) is 5.10 Å². The molecule has 0 aliphatic rings. The molecule has 0 aromatic heterocycles. The van der Waals surface area contributed by atoms with Gasteiger partial charge in [0.05, 0.1) is 12.8 Å². The molecule has 0 fully saturated rings. The van der Waals surface area contributed by atoms with Gasteiger partial charge in [-0.1, -0.05) is 37.3 Å². The number of carbonyl (C=O) groups is 1. The van der Waals surface area contributed by atoms with Crippen LogP contribution in [-0.4, -0.2) is 25.8 Å². The van der Waals surface area contributed by atoms with E-state index in [4.69, 9.17) is 9.47 Å². The summed E-state index contributed by atoms with van der Waals surface area (Å²) in [6, 6.07) is 16.8. The van der Waals surface area contributed by atoms with Gasteiger partial charge >= 0.3 is 0 Å². The number of carbonyl (C=O) groups excluding carboxylic acids is 1. The molecule has 1 atom stereocenters. The van der Waals surface area contributed by atoms with E-state index in [-0.39, 0.29) is 5.91 Å². The lowest BCUT2D eigenvalue weighted by atomic mass is 10.1. The second-order valence-corrected chi connectivity index (χ2v) is 5.18. The van der Waals surface area contributed by atoms with Gasteiger partial charge in [0.1, 0.15) is 5.75 Å². The van der Waals surface area contributed by atoms with Crippen LogP contribution in [0.4, 0.5) is 0 Å². The first-order valence-electron chi connectivity index (χ1n) is 7.88. The van der Waals surface area contributed by atoms with Crippen LogP contribution in [0, 0.1) is 0 Å². The van der Waals surface area contributed by atoms with E-state index in [0.717, 1.165) is 23.3 Å². The second kappa shape index (κ2) is 9.47. The first-order chi connectivity index (χ1) is 11.7. The molecule has 0 unspecified atom stereocenters. The molecule has 5 heteroatoms. The van der Waals surface area contributed by atoms with E-state index in [1.165, 1.54) is 7.11 Å². The van der Waals surface area contributed by atoms with E-state index in [9.17, 15) is 4.79 Å². The first kappa shape index (κ1) is 17.7. The molecule has 1 N–H and O–H groups in total. The zero-order valence-corrected chi connectivity index (χ0v) is 13.9. The number of methoxy groups -OCH3 is 1. The zero-order chi connectivity index (χ0) is 17.2. The van der Waals surface area contributed by atoms with Gasteiger partial charge in [0, 0.05) is 7.11 Å². The van der Waals surface area contributed by atoms with Gasteiger partial charge in [-0.2, -0.15) is 5.10 Å². The fraction of sp³-hybridized carbons (Fsp3) is 0.263. The largest absolute Gasteiger partial charge is 0.494 e. The van der Waals surface area contributed by atoms with Crippen molar-refractivity contribution in [1.82, 2.24) is 5.43 Å². The number of nitrogens with zero attached hydrogens (tertiary/aromatic N) is 1. The summed E-state index contributed by atoms with van der Waals surface area (Å²) in [5.74, 6) is 0.504. The van der Waals surface area contributed by atoms with Crippen molar-refractivity contribution in [2.45, 2.75) is 19.4 Å². The molecule has 24 heavy (non-hydrogen) atoms. The van der Waals surface area contributed by atoms with Crippen LogP contribution in [-0.2, 0) is 9.53 Å². The average Bonchev–Trinajstić information content (AvgIpc) is 2.62. The maximum absolute atomic E-state index is 12.2. The summed E-state index contributed by atoms with van der Waals surface area (Å²) in [4.78, 5) is 12.2. The fourth-order valence-corrected chi connectivity index (χ4v) is 2.12. The molecule has 0 radical (unpaired) electrons. The third-order valence-corrected chi connectivity index (χ3v) is 3.32. The number of hydrazone groups is 1. The molecule has 0 aliphatic carbocycles. The second-order valence-electron chi connectivity index (χ2n) is 5.18.